The second-order valence-electron chi connectivity index (χ2n) is 3.83. The summed E-state index contributed by atoms with van der Waals surface area (Å²) in [7, 11) is -4.66. The van der Waals surface area contributed by atoms with Gasteiger partial charge >= 0.3 is 6.18 Å². The lowest BCUT2D eigenvalue weighted by atomic mass is 10.3. The molecule has 0 aliphatic carbocycles. The first-order chi connectivity index (χ1) is 9.09. The Labute approximate surface area is 112 Å². The van der Waals surface area contributed by atoms with Crippen molar-refractivity contribution in [1.29, 1.82) is 0 Å². The molecule has 1 rings (SSSR count). The summed E-state index contributed by atoms with van der Waals surface area (Å²) in [6.07, 6.45) is -4.80. The zero-order valence-electron chi connectivity index (χ0n) is 10.1. The Morgan fingerprint density at radius 2 is 1.90 bits per heavy atom. The number of para-hydroxylation sites is 1. The molecule has 0 amide bonds. The first-order valence-corrected chi connectivity index (χ1v) is 6.75. The highest BCUT2D eigenvalue weighted by molar-refractivity contribution is 7.89. The summed E-state index contributed by atoms with van der Waals surface area (Å²) < 4.78 is 74.4. The quantitative estimate of drug-likeness (QED) is 0.626. The molecule has 0 radical (unpaired) electrons. The van der Waals surface area contributed by atoms with Crippen molar-refractivity contribution in [2.24, 2.45) is 0 Å². The Hall–Kier alpha value is -1.39. The van der Waals surface area contributed by atoms with Crippen molar-refractivity contribution in [1.82, 2.24) is 4.31 Å². The number of aliphatic hydroxyl groups excluding tert-OH is 1. The van der Waals surface area contributed by atoms with Gasteiger partial charge in [0.05, 0.1) is 12.3 Å². The Bertz CT molecular complexity index is 574. The van der Waals surface area contributed by atoms with Gasteiger partial charge in [-0.3, -0.25) is 0 Å². The SMILES string of the molecule is Nc1c(F)cccc1S(=O)(=O)N(CCO)CC(F)(F)F. The second kappa shape index (κ2) is 5.94. The molecule has 0 aromatic heterocycles. The summed E-state index contributed by atoms with van der Waals surface area (Å²) in [5.41, 5.74) is 4.48. The number of nitrogens with two attached hydrogens (primary N) is 1. The van der Waals surface area contributed by atoms with Crippen LogP contribution in [0.1, 0.15) is 0 Å². The van der Waals surface area contributed by atoms with Crippen molar-refractivity contribution in [3.63, 3.8) is 0 Å². The number of alkyl halides is 3. The molecule has 0 atom stereocenters. The maximum Gasteiger partial charge on any atom is 0.402 e. The van der Waals surface area contributed by atoms with E-state index >= 15 is 0 Å². The zero-order chi connectivity index (χ0) is 15.6. The molecule has 0 saturated heterocycles. The van der Waals surface area contributed by atoms with Gasteiger partial charge in [0.1, 0.15) is 17.3 Å². The van der Waals surface area contributed by atoms with Crippen molar-refractivity contribution in [3.05, 3.63) is 24.0 Å². The number of hydrogen-bond donors (Lipinski definition) is 2. The molecule has 0 heterocycles. The average Bonchev–Trinajstić information content (AvgIpc) is 2.30. The monoisotopic (exact) mass is 316 g/mol. The number of sulfonamides is 1. The number of aliphatic hydroxyl groups is 1. The van der Waals surface area contributed by atoms with Gasteiger partial charge < -0.3 is 10.8 Å². The van der Waals surface area contributed by atoms with E-state index in [1.54, 1.807) is 0 Å². The van der Waals surface area contributed by atoms with Crippen molar-refractivity contribution in [2.75, 3.05) is 25.4 Å². The smallest absolute Gasteiger partial charge is 0.395 e. The number of halogens is 4. The van der Waals surface area contributed by atoms with E-state index in [1.807, 2.05) is 0 Å². The third-order valence-corrected chi connectivity index (χ3v) is 4.24. The van der Waals surface area contributed by atoms with Gasteiger partial charge in [0.2, 0.25) is 10.0 Å². The molecule has 1 aromatic carbocycles. The van der Waals surface area contributed by atoms with Crippen LogP contribution >= 0.6 is 0 Å². The Balaban J connectivity index is 3.26. The first kappa shape index (κ1) is 16.7. The lowest BCUT2D eigenvalue weighted by molar-refractivity contribution is -0.136. The normalized spacial score (nSPS) is 12.9. The second-order valence-corrected chi connectivity index (χ2v) is 5.74. The number of nitrogen functional groups attached to an aromatic ring is 1. The van der Waals surface area contributed by atoms with E-state index in [2.05, 4.69) is 0 Å². The summed E-state index contributed by atoms with van der Waals surface area (Å²) in [5.74, 6) is -1.05. The maximum atomic E-state index is 13.2. The number of benzene rings is 1. The maximum absolute atomic E-state index is 13.2. The lowest BCUT2D eigenvalue weighted by Crippen LogP contribution is -2.40. The number of nitrogens with zero attached hydrogens (tertiary/aromatic N) is 1. The van der Waals surface area contributed by atoms with Crippen molar-refractivity contribution >= 4 is 15.7 Å². The van der Waals surface area contributed by atoms with Gasteiger partial charge in [-0.1, -0.05) is 6.07 Å². The first-order valence-electron chi connectivity index (χ1n) is 5.31. The van der Waals surface area contributed by atoms with Gasteiger partial charge in [-0.05, 0) is 12.1 Å². The standard InChI is InChI=1S/C10H12F4N2O3S/c11-7-2-1-3-8(9(7)15)20(18,19)16(4-5-17)6-10(12,13)14/h1-3,17H,4-6,15H2. The average molecular weight is 316 g/mol. The molecule has 0 unspecified atom stereocenters. The molecule has 0 aliphatic rings. The minimum Gasteiger partial charge on any atom is -0.395 e. The third-order valence-electron chi connectivity index (χ3n) is 2.34. The van der Waals surface area contributed by atoms with E-state index in [4.69, 9.17) is 10.8 Å². The van der Waals surface area contributed by atoms with Crippen molar-refractivity contribution < 1.29 is 31.1 Å². The molecular weight excluding hydrogens is 304 g/mol. The minimum absolute atomic E-state index is 0.00185. The molecule has 0 fully saturated rings. The topological polar surface area (TPSA) is 83.6 Å². The Kier molecular flexibility index (Phi) is 4.95. The van der Waals surface area contributed by atoms with Crippen LogP contribution in [-0.2, 0) is 10.0 Å². The highest BCUT2D eigenvalue weighted by atomic mass is 32.2. The predicted octanol–water partition coefficient (Wildman–Crippen LogP) is 0.953. The molecule has 3 N–H and O–H groups in total. The zero-order valence-corrected chi connectivity index (χ0v) is 10.9. The molecule has 0 saturated carbocycles. The summed E-state index contributed by atoms with van der Waals surface area (Å²) in [4.78, 5) is -0.768. The van der Waals surface area contributed by atoms with Crippen LogP contribution in [-0.4, -0.2) is 43.7 Å². The predicted molar refractivity (Wildman–Crippen MR) is 62.7 cm³/mol. The van der Waals surface area contributed by atoms with E-state index in [0.717, 1.165) is 18.2 Å². The Morgan fingerprint density at radius 3 is 2.40 bits per heavy atom. The van der Waals surface area contributed by atoms with E-state index in [1.165, 1.54) is 0 Å². The summed E-state index contributed by atoms with van der Waals surface area (Å²) in [5, 5.41) is 8.69. The molecule has 0 aliphatic heterocycles. The summed E-state index contributed by atoms with van der Waals surface area (Å²) in [6.45, 7) is -3.39. The van der Waals surface area contributed by atoms with Crippen LogP contribution in [0, 0.1) is 5.82 Å². The van der Waals surface area contributed by atoms with Crippen molar-refractivity contribution in [2.45, 2.75) is 11.1 Å². The van der Waals surface area contributed by atoms with Crippen LogP contribution in [0.3, 0.4) is 0 Å². The fourth-order valence-corrected chi connectivity index (χ4v) is 3.02. The van der Waals surface area contributed by atoms with E-state index in [9.17, 15) is 26.0 Å². The largest absolute Gasteiger partial charge is 0.402 e. The molecular formula is C10H12F4N2O3S. The Morgan fingerprint density at radius 1 is 1.30 bits per heavy atom. The minimum atomic E-state index is -4.80. The number of anilines is 1. The van der Waals surface area contributed by atoms with E-state index < -0.39 is 52.3 Å². The molecule has 5 nitrogen and oxygen atoms in total. The molecule has 0 bridgehead atoms. The van der Waals surface area contributed by atoms with Gasteiger partial charge in [-0.2, -0.15) is 17.5 Å². The molecule has 20 heavy (non-hydrogen) atoms. The van der Waals surface area contributed by atoms with Gasteiger partial charge in [-0.25, -0.2) is 12.8 Å². The van der Waals surface area contributed by atoms with Gasteiger partial charge in [-0.15, -0.1) is 0 Å². The summed E-state index contributed by atoms with van der Waals surface area (Å²) in [6, 6.07) is 2.80. The number of rotatable bonds is 5. The molecule has 10 heteroatoms. The van der Waals surface area contributed by atoms with Crippen LogP contribution in [0.2, 0.25) is 0 Å². The highest BCUT2D eigenvalue weighted by Crippen LogP contribution is 2.27. The van der Waals surface area contributed by atoms with Gasteiger partial charge in [0.15, 0.2) is 0 Å². The fraction of sp³-hybridized carbons (Fsp3) is 0.400. The van der Waals surface area contributed by atoms with Crippen LogP contribution < -0.4 is 5.73 Å². The fourth-order valence-electron chi connectivity index (χ4n) is 1.48. The van der Waals surface area contributed by atoms with Gasteiger partial charge in [0, 0.05) is 6.54 Å². The van der Waals surface area contributed by atoms with Crippen molar-refractivity contribution in [3.8, 4) is 0 Å². The van der Waals surface area contributed by atoms with Crippen LogP contribution in [0.25, 0.3) is 0 Å². The molecule has 114 valence electrons. The van der Waals surface area contributed by atoms with E-state index in [0.29, 0.717) is 0 Å². The third kappa shape index (κ3) is 3.81. The number of hydrogen-bond acceptors (Lipinski definition) is 4. The van der Waals surface area contributed by atoms with Crippen LogP contribution in [0.5, 0.6) is 0 Å². The van der Waals surface area contributed by atoms with Gasteiger partial charge in [0.25, 0.3) is 0 Å². The summed E-state index contributed by atoms with van der Waals surface area (Å²) >= 11 is 0. The lowest BCUT2D eigenvalue weighted by Gasteiger charge is -2.23. The molecule has 0 spiro atoms. The van der Waals surface area contributed by atoms with Crippen LogP contribution in [0.4, 0.5) is 23.2 Å². The van der Waals surface area contributed by atoms with E-state index in [-0.39, 0.29) is 4.31 Å². The van der Waals surface area contributed by atoms with Crippen LogP contribution in [0.15, 0.2) is 23.1 Å². The molecule has 1 aromatic rings. The highest BCUT2D eigenvalue weighted by Gasteiger charge is 2.37.